The molecule has 0 amide bonds. The average Bonchev–Trinajstić information content (AvgIpc) is 2.54. The van der Waals surface area contributed by atoms with Crippen molar-refractivity contribution < 1.29 is 18.3 Å². The third-order valence-corrected chi connectivity index (χ3v) is 4.93. The highest BCUT2D eigenvalue weighted by Gasteiger charge is 2.04. The highest BCUT2D eigenvalue weighted by molar-refractivity contribution is 7.92. The molecule has 0 aliphatic heterocycles. The molecule has 0 bridgehead atoms. The number of hydrogen-bond donors (Lipinski definition) is 3. The molecule has 0 saturated heterocycles. The molecule has 0 aliphatic rings. The first-order valence-corrected chi connectivity index (χ1v) is 11.2. The Labute approximate surface area is 153 Å². The van der Waals surface area contributed by atoms with Crippen LogP contribution in [0.15, 0.2) is 11.5 Å². The summed E-state index contributed by atoms with van der Waals surface area (Å²) in [5.41, 5.74) is 2.14. The maximum atomic E-state index is 11.5. The van der Waals surface area contributed by atoms with Gasteiger partial charge in [-0.1, -0.05) is 83.6 Å². The lowest BCUT2D eigenvalue weighted by Crippen LogP contribution is -2.39. The van der Waals surface area contributed by atoms with Crippen molar-refractivity contribution >= 4 is 16.0 Å². The van der Waals surface area contributed by atoms with E-state index in [1.807, 2.05) is 4.83 Å². The molecule has 6 nitrogen and oxygen atoms in total. The molecular formula is C18H36N2O4S. The molecule has 0 radical (unpaired) electrons. The van der Waals surface area contributed by atoms with Gasteiger partial charge in [-0.15, -0.1) is 4.83 Å². The van der Waals surface area contributed by atoms with Crippen LogP contribution in [0.5, 0.6) is 0 Å². The summed E-state index contributed by atoms with van der Waals surface area (Å²) in [6, 6.07) is 0. The lowest BCUT2D eigenvalue weighted by atomic mass is 10.0. The van der Waals surface area contributed by atoms with Crippen LogP contribution in [0, 0.1) is 0 Å². The number of nitrogens with one attached hydrogen (secondary N) is 2. The van der Waals surface area contributed by atoms with E-state index in [9.17, 15) is 13.2 Å². The molecule has 0 aromatic heterocycles. The van der Waals surface area contributed by atoms with Crippen LogP contribution in [0.2, 0.25) is 0 Å². The van der Waals surface area contributed by atoms with Crippen molar-refractivity contribution in [3.63, 3.8) is 0 Å². The second-order valence-corrected chi connectivity index (χ2v) is 8.01. The van der Waals surface area contributed by atoms with Gasteiger partial charge in [0.15, 0.2) is 0 Å². The van der Waals surface area contributed by atoms with Crippen molar-refractivity contribution in [2.45, 2.75) is 90.4 Å². The zero-order chi connectivity index (χ0) is 18.8. The molecule has 148 valence electrons. The zero-order valence-corrected chi connectivity index (χ0v) is 16.5. The summed E-state index contributed by atoms with van der Waals surface area (Å²) < 4.78 is 23.0. The van der Waals surface area contributed by atoms with Crippen molar-refractivity contribution in [2.24, 2.45) is 0 Å². The molecule has 0 fully saturated rings. The summed E-state index contributed by atoms with van der Waals surface area (Å²) in [6.07, 6.45) is 17.7. The first-order valence-electron chi connectivity index (χ1n) is 9.61. The first kappa shape index (κ1) is 24.1. The standard InChI is InChI=1S/C18H36N2O4S/c1-2-3-4-5-6-7-8-9-10-11-12-13-14-15-16-25(23,24)20-19-17-18(21)22/h15-16,19-20H,2-14,17H2,1H3,(H,21,22). The van der Waals surface area contributed by atoms with Crippen molar-refractivity contribution in [1.82, 2.24) is 10.3 Å². The second-order valence-electron chi connectivity index (χ2n) is 6.44. The van der Waals surface area contributed by atoms with Crippen LogP contribution in [-0.2, 0) is 14.8 Å². The van der Waals surface area contributed by atoms with Crippen molar-refractivity contribution in [2.75, 3.05) is 6.54 Å². The normalized spacial score (nSPS) is 12.0. The Hall–Kier alpha value is -0.920. The molecular weight excluding hydrogens is 340 g/mol. The van der Waals surface area contributed by atoms with E-state index in [1.54, 1.807) is 6.08 Å². The lowest BCUT2D eigenvalue weighted by molar-refractivity contribution is -0.136. The largest absolute Gasteiger partial charge is 0.480 e. The van der Waals surface area contributed by atoms with Gasteiger partial charge in [0.25, 0.3) is 0 Å². The van der Waals surface area contributed by atoms with E-state index in [0.29, 0.717) is 0 Å². The predicted molar refractivity (Wildman–Crippen MR) is 103 cm³/mol. The van der Waals surface area contributed by atoms with E-state index in [0.717, 1.165) is 24.7 Å². The van der Waals surface area contributed by atoms with Crippen molar-refractivity contribution in [3.05, 3.63) is 11.5 Å². The number of carboxylic acid groups (broad SMARTS) is 1. The monoisotopic (exact) mass is 376 g/mol. The molecule has 0 saturated carbocycles. The fraction of sp³-hybridized carbons (Fsp3) is 0.833. The first-order chi connectivity index (χ1) is 12.0. The zero-order valence-electron chi connectivity index (χ0n) is 15.6. The summed E-state index contributed by atoms with van der Waals surface area (Å²) in [5, 5.41) is 9.49. The maximum absolute atomic E-state index is 11.5. The number of rotatable bonds is 18. The summed E-state index contributed by atoms with van der Waals surface area (Å²) in [5.74, 6) is -1.12. The Balaban J connectivity index is 3.41. The quantitative estimate of drug-likeness (QED) is 0.247. The van der Waals surface area contributed by atoms with Crippen LogP contribution in [0.4, 0.5) is 0 Å². The number of hydrazine groups is 1. The summed E-state index contributed by atoms with van der Waals surface area (Å²) in [6.45, 7) is 1.79. The SMILES string of the molecule is CCCCCCCCCCCCCCC=CS(=O)(=O)NNCC(=O)O. The minimum absolute atomic E-state index is 0.453. The molecule has 0 aliphatic carbocycles. The minimum Gasteiger partial charge on any atom is -0.480 e. The fourth-order valence-electron chi connectivity index (χ4n) is 2.54. The Kier molecular flexibility index (Phi) is 15.9. The van der Waals surface area contributed by atoms with Gasteiger partial charge < -0.3 is 5.11 Å². The summed E-state index contributed by atoms with van der Waals surface area (Å²) >= 11 is 0. The van der Waals surface area contributed by atoms with E-state index in [4.69, 9.17) is 5.11 Å². The number of hydrogen-bond acceptors (Lipinski definition) is 4. The molecule has 0 aromatic rings. The number of carbonyl (C=O) groups is 1. The average molecular weight is 377 g/mol. The van der Waals surface area contributed by atoms with Gasteiger partial charge >= 0.3 is 5.97 Å². The number of allylic oxidation sites excluding steroid dienone is 1. The van der Waals surface area contributed by atoms with Gasteiger partial charge in [0.05, 0.1) is 0 Å². The second kappa shape index (κ2) is 16.5. The molecule has 0 rings (SSSR count). The summed E-state index contributed by atoms with van der Waals surface area (Å²) in [4.78, 5) is 12.3. The minimum atomic E-state index is -3.60. The Bertz CT molecular complexity index is 450. The van der Waals surface area contributed by atoms with Gasteiger partial charge in [0.2, 0.25) is 10.0 Å². The van der Waals surface area contributed by atoms with E-state index >= 15 is 0 Å². The topological polar surface area (TPSA) is 95.5 Å². The third kappa shape index (κ3) is 19.3. The van der Waals surface area contributed by atoms with E-state index in [2.05, 4.69) is 12.3 Å². The molecule has 0 atom stereocenters. The summed E-state index contributed by atoms with van der Waals surface area (Å²) in [7, 11) is -3.60. The van der Waals surface area contributed by atoms with Crippen molar-refractivity contribution in [3.8, 4) is 0 Å². The van der Waals surface area contributed by atoms with E-state index in [1.165, 1.54) is 64.2 Å². The van der Waals surface area contributed by atoms with Crippen LogP contribution >= 0.6 is 0 Å². The molecule has 0 aromatic carbocycles. The van der Waals surface area contributed by atoms with Crippen LogP contribution < -0.4 is 10.3 Å². The fourth-order valence-corrected chi connectivity index (χ4v) is 3.28. The predicted octanol–water partition coefficient (Wildman–Crippen LogP) is 4.10. The smallest absolute Gasteiger partial charge is 0.318 e. The maximum Gasteiger partial charge on any atom is 0.318 e. The highest BCUT2D eigenvalue weighted by atomic mass is 32.2. The molecule has 0 spiro atoms. The van der Waals surface area contributed by atoms with Gasteiger partial charge in [0.1, 0.15) is 6.54 Å². The van der Waals surface area contributed by atoms with Gasteiger partial charge in [-0.25, -0.2) is 13.8 Å². The molecule has 0 heterocycles. The lowest BCUT2D eigenvalue weighted by Gasteiger charge is -2.03. The Morgan fingerprint density at radius 2 is 1.36 bits per heavy atom. The Morgan fingerprint density at radius 3 is 1.84 bits per heavy atom. The van der Waals surface area contributed by atoms with Gasteiger partial charge in [-0.3, -0.25) is 4.79 Å². The number of aliphatic carboxylic acids is 1. The van der Waals surface area contributed by atoms with Crippen LogP contribution in [0.3, 0.4) is 0 Å². The molecule has 3 N–H and O–H groups in total. The van der Waals surface area contributed by atoms with Crippen LogP contribution in [0.25, 0.3) is 0 Å². The van der Waals surface area contributed by atoms with Crippen LogP contribution in [-0.4, -0.2) is 26.0 Å². The molecule has 0 unspecified atom stereocenters. The van der Waals surface area contributed by atoms with Crippen LogP contribution in [0.1, 0.15) is 90.4 Å². The molecule has 7 heteroatoms. The number of carboxylic acids is 1. The number of sulfonamides is 1. The highest BCUT2D eigenvalue weighted by Crippen LogP contribution is 2.12. The Morgan fingerprint density at radius 1 is 0.880 bits per heavy atom. The molecule has 25 heavy (non-hydrogen) atoms. The van der Waals surface area contributed by atoms with E-state index in [-0.39, 0.29) is 0 Å². The van der Waals surface area contributed by atoms with Gasteiger partial charge in [-0.05, 0) is 12.8 Å². The van der Waals surface area contributed by atoms with Gasteiger partial charge in [0, 0.05) is 5.41 Å². The van der Waals surface area contributed by atoms with E-state index < -0.39 is 22.5 Å². The van der Waals surface area contributed by atoms with Crippen molar-refractivity contribution in [1.29, 1.82) is 0 Å². The van der Waals surface area contributed by atoms with Gasteiger partial charge in [-0.2, -0.15) is 0 Å². The number of unbranched alkanes of at least 4 members (excludes halogenated alkanes) is 12. The third-order valence-electron chi connectivity index (χ3n) is 3.95.